The Morgan fingerprint density at radius 1 is 1.22 bits per heavy atom. The zero-order chi connectivity index (χ0) is 22.5. The minimum absolute atomic E-state index is 0.00680. The van der Waals surface area contributed by atoms with Crippen LogP contribution < -0.4 is 4.74 Å². The minimum atomic E-state index is -0.801. The molecule has 1 unspecified atom stereocenters. The maximum absolute atomic E-state index is 12.9. The predicted octanol–water partition coefficient (Wildman–Crippen LogP) is 3.55. The fourth-order valence-electron chi connectivity index (χ4n) is 3.72. The topological polar surface area (TPSA) is 97.8 Å². The van der Waals surface area contributed by atoms with E-state index in [0.717, 1.165) is 0 Å². The number of aromatic nitrogens is 2. The zero-order valence-electron chi connectivity index (χ0n) is 17.4. The monoisotopic (exact) mass is 433 g/mol. The van der Waals surface area contributed by atoms with E-state index in [1.165, 1.54) is 11.2 Å². The van der Waals surface area contributed by atoms with Gasteiger partial charge in [0.1, 0.15) is 29.9 Å². The highest BCUT2D eigenvalue weighted by Crippen LogP contribution is 2.39. The predicted molar refractivity (Wildman–Crippen MR) is 117 cm³/mol. The summed E-state index contributed by atoms with van der Waals surface area (Å²) < 4.78 is 12.9. The van der Waals surface area contributed by atoms with E-state index in [2.05, 4.69) is 11.6 Å². The van der Waals surface area contributed by atoms with Gasteiger partial charge in [0.05, 0.1) is 18.2 Å². The second kappa shape index (κ2) is 9.38. The van der Waals surface area contributed by atoms with Crippen LogP contribution in [0.5, 0.6) is 5.75 Å². The standard InChI is InChI=1S/C24H23N3O5/c1-2-14-31-18-8-6-17(7-9-18)22(28)20-21(19-5-3-15-32-19)27(24(30)23(20)29)12-4-11-26-13-10-25-16-26/h2-3,5-10,13,15-16,21,28H,1,4,11-12,14H2/b22-20-. The number of Topliss-reactive ketones (excluding diaryl/α,β-unsaturated/α-hetero) is 1. The molecule has 3 heterocycles. The van der Waals surface area contributed by atoms with Gasteiger partial charge in [-0.25, -0.2) is 4.98 Å². The molecule has 2 aromatic heterocycles. The molecule has 0 saturated carbocycles. The maximum Gasteiger partial charge on any atom is 0.295 e. The number of amides is 1. The van der Waals surface area contributed by atoms with Crippen LogP contribution in [0.2, 0.25) is 0 Å². The third kappa shape index (κ3) is 4.20. The number of nitrogens with zero attached hydrogens (tertiary/aromatic N) is 3. The first-order chi connectivity index (χ1) is 15.6. The Kier molecular flexibility index (Phi) is 6.21. The molecule has 8 heteroatoms. The third-order valence-electron chi connectivity index (χ3n) is 5.22. The molecule has 32 heavy (non-hydrogen) atoms. The highest BCUT2D eigenvalue weighted by Gasteiger charge is 2.47. The number of hydrogen-bond acceptors (Lipinski definition) is 6. The Morgan fingerprint density at radius 2 is 2.03 bits per heavy atom. The molecule has 0 aliphatic carbocycles. The molecule has 8 nitrogen and oxygen atoms in total. The Bertz CT molecular complexity index is 1120. The fourth-order valence-corrected chi connectivity index (χ4v) is 3.72. The van der Waals surface area contributed by atoms with Crippen molar-refractivity contribution in [2.75, 3.05) is 13.2 Å². The lowest BCUT2D eigenvalue weighted by atomic mass is 9.99. The fraction of sp³-hybridized carbons (Fsp3) is 0.208. The van der Waals surface area contributed by atoms with Gasteiger partial charge in [-0.3, -0.25) is 9.59 Å². The summed E-state index contributed by atoms with van der Waals surface area (Å²) >= 11 is 0. The van der Waals surface area contributed by atoms with Crippen LogP contribution in [-0.2, 0) is 16.1 Å². The molecule has 1 fully saturated rings. The first kappa shape index (κ1) is 21.2. The summed E-state index contributed by atoms with van der Waals surface area (Å²) in [5.74, 6) is -0.636. The second-order valence-corrected chi connectivity index (χ2v) is 7.29. The van der Waals surface area contributed by atoms with E-state index < -0.39 is 17.7 Å². The van der Waals surface area contributed by atoms with E-state index in [1.807, 2.05) is 10.8 Å². The van der Waals surface area contributed by atoms with E-state index in [0.29, 0.717) is 43.2 Å². The van der Waals surface area contributed by atoms with E-state index in [1.54, 1.807) is 55.0 Å². The molecule has 164 valence electrons. The Labute approximate surface area is 185 Å². The first-order valence-corrected chi connectivity index (χ1v) is 10.2. The second-order valence-electron chi connectivity index (χ2n) is 7.29. The minimum Gasteiger partial charge on any atom is -0.507 e. The number of carbonyl (C=O) groups is 2. The number of benzene rings is 1. The van der Waals surface area contributed by atoms with Crippen molar-refractivity contribution in [3.8, 4) is 5.75 Å². The molecule has 1 aromatic carbocycles. The number of rotatable bonds is 9. The molecule has 3 aromatic rings. The normalized spacial score (nSPS) is 17.6. The number of aryl methyl sites for hydroxylation is 1. The number of hydrogen-bond donors (Lipinski definition) is 1. The summed E-state index contributed by atoms with van der Waals surface area (Å²) in [7, 11) is 0. The van der Waals surface area contributed by atoms with E-state index in [4.69, 9.17) is 9.15 Å². The highest BCUT2D eigenvalue weighted by molar-refractivity contribution is 6.46. The molecule has 1 N–H and O–H groups in total. The summed E-state index contributed by atoms with van der Waals surface area (Å²) in [4.78, 5) is 31.3. The quantitative estimate of drug-likeness (QED) is 0.240. The number of ether oxygens (including phenoxy) is 1. The van der Waals surface area contributed by atoms with Gasteiger partial charge in [-0.15, -0.1) is 0 Å². The molecule has 0 bridgehead atoms. The van der Waals surface area contributed by atoms with E-state index >= 15 is 0 Å². The molecule has 1 saturated heterocycles. The van der Waals surface area contributed by atoms with E-state index in [-0.39, 0.29) is 11.3 Å². The smallest absolute Gasteiger partial charge is 0.295 e. The highest BCUT2D eigenvalue weighted by atomic mass is 16.5. The van der Waals surface area contributed by atoms with Crippen molar-refractivity contribution in [2.45, 2.75) is 19.0 Å². The average molecular weight is 433 g/mol. The molecule has 1 aliphatic heterocycles. The van der Waals surface area contributed by atoms with Crippen LogP contribution in [0.4, 0.5) is 0 Å². The number of carbonyl (C=O) groups excluding carboxylic acids is 2. The first-order valence-electron chi connectivity index (χ1n) is 10.2. The lowest BCUT2D eigenvalue weighted by Crippen LogP contribution is -2.31. The zero-order valence-corrected chi connectivity index (χ0v) is 17.4. The summed E-state index contributed by atoms with van der Waals surface area (Å²) in [5, 5.41) is 11.0. The Balaban J connectivity index is 1.64. The van der Waals surface area contributed by atoms with Gasteiger partial charge in [-0.2, -0.15) is 0 Å². The Hall–Kier alpha value is -4.07. The van der Waals surface area contributed by atoms with Crippen molar-refractivity contribution in [3.63, 3.8) is 0 Å². The number of aliphatic hydroxyl groups is 1. The molecule has 0 spiro atoms. The number of imidazole rings is 1. The van der Waals surface area contributed by atoms with Gasteiger partial charge in [-0.05, 0) is 42.8 Å². The SMILES string of the molecule is C=CCOc1ccc(/C(O)=C2/C(=O)C(=O)N(CCCn3ccnc3)C2c2ccco2)cc1. The van der Waals surface area contributed by atoms with Gasteiger partial charge in [0.15, 0.2) is 0 Å². The van der Waals surface area contributed by atoms with Crippen molar-refractivity contribution in [1.82, 2.24) is 14.5 Å². The van der Waals surface area contributed by atoms with Crippen LogP contribution in [0, 0.1) is 0 Å². The number of likely N-dealkylation sites (tertiary alicyclic amines) is 1. The Morgan fingerprint density at radius 3 is 2.69 bits per heavy atom. The molecule has 4 rings (SSSR count). The van der Waals surface area contributed by atoms with E-state index in [9.17, 15) is 14.7 Å². The van der Waals surface area contributed by atoms with Crippen molar-refractivity contribution in [3.05, 3.63) is 90.9 Å². The van der Waals surface area contributed by atoms with Crippen LogP contribution in [0.25, 0.3) is 5.76 Å². The molecule has 1 aliphatic rings. The largest absolute Gasteiger partial charge is 0.507 e. The summed E-state index contributed by atoms with van der Waals surface area (Å²) in [6.07, 6.45) is 8.93. The summed E-state index contributed by atoms with van der Waals surface area (Å²) in [6.45, 7) is 4.92. The van der Waals surface area contributed by atoms with Crippen LogP contribution in [0.3, 0.4) is 0 Å². The lowest BCUT2D eigenvalue weighted by molar-refractivity contribution is -0.140. The van der Waals surface area contributed by atoms with Crippen molar-refractivity contribution < 1.29 is 23.8 Å². The van der Waals surface area contributed by atoms with Crippen LogP contribution in [-0.4, -0.2) is 44.4 Å². The summed E-state index contributed by atoms with van der Waals surface area (Å²) in [6, 6.07) is 9.22. The number of aliphatic hydroxyl groups excluding tert-OH is 1. The van der Waals surface area contributed by atoms with Gasteiger partial charge >= 0.3 is 0 Å². The molecule has 1 atom stereocenters. The van der Waals surface area contributed by atoms with Crippen LogP contribution in [0.15, 0.2) is 84.0 Å². The lowest BCUT2D eigenvalue weighted by Gasteiger charge is -2.23. The summed E-state index contributed by atoms with van der Waals surface area (Å²) in [5.41, 5.74) is 0.413. The van der Waals surface area contributed by atoms with Gasteiger partial charge in [0.2, 0.25) is 0 Å². The van der Waals surface area contributed by atoms with Gasteiger partial charge in [0.25, 0.3) is 11.7 Å². The van der Waals surface area contributed by atoms with Crippen LogP contribution >= 0.6 is 0 Å². The average Bonchev–Trinajstić information content (AvgIpc) is 3.56. The van der Waals surface area contributed by atoms with Gasteiger partial charge in [-0.1, -0.05) is 12.7 Å². The van der Waals surface area contributed by atoms with Crippen molar-refractivity contribution in [2.24, 2.45) is 0 Å². The third-order valence-corrected chi connectivity index (χ3v) is 5.22. The van der Waals surface area contributed by atoms with Gasteiger partial charge in [0, 0.05) is 31.0 Å². The molecular formula is C24H23N3O5. The maximum atomic E-state index is 12.9. The molecular weight excluding hydrogens is 410 g/mol. The molecule has 0 radical (unpaired) electrons. The number of ketones is 1. The van der Waals surface area contributed by atoms with Crippen molar-refractivity contribution >= 4 is 17.4 Å². The van der Waals surface area contributed by atoms with Crippen molar-refractivity contribution in [1.29, 1.82) is 0 Å². The van der Waals surface area contributed by atoms with Crippen LogP contribution in [0.1, 0.15) is 23.8 Å². The number of furan rings is 1. The van der Waals surface area contributed by atoms with Gasteiger partial charge < -0.3 is 23.7 Å². The molecule has 1 amide bonds.